The van der Waals surface area contributed by atoms with Crippen LogP contribution in [0.2, 0.25) is 0 Å². The number of nitrogens with zero attached hydrogens (tertiary/aromatic N) is 1. The summed E-state index contributed by atoms with van der Waals surface area (Å²) in [5.41, 5.74) is 3.22. The van der Waals surface area contributed by atoms with Crippen LogP contribution in [0.25, 0.3) is 10.9 Å². The van der Waals surface area contributed by atoms with E-state index in [9.17, 15) is 4.79 Å². The standard InChI is InChI=1S/C22H27N3O2/c1-15(2)18(13-22(26)24-11-9-16-6-4-5-10-23-16)20-14-25-21-8-7-17(27-3)12-19(20)21/h4-8,10,12,14-15,18,25H,9,11,13H2,1-3H3,(H,24,26)/t18-/m0/s1. The molecule has 0 saturated carbocycles. The number of carbonyl (C=O) groups excluding carboxylic acids is 1. The Morgan fingerprint density at radius 1 is 1.26 bits per heavy atom. The maximum absolute atomic E-state index is 12.5. The van der Waals surface area contributed by atoms with E-state index < -0.39 is 0 Å². The van der Waals surface area contributed by atoms with E-state index in [2.05, 4.69) is 29.1 Å². The number of ether oxygens (including phenoxy) is 1. The lowest BCUT2D eigenvalue weighted by Gasteiger charge is -2.20. The van der Waals surface area contributed by atoms with Gasteiger partial charge in [-0.2, -0.15) is 0 Å². The van der Waals surface area contributed by atoms with Gasteiger partial charge in [-0.05, 0) is 47.7 Å². The summed E-state index contributed by atoms with van der Waals surface area (Å²) >= 11 is 0. The molecule has 0 aliphatic rings. The van der Waals surface area contributed by atoms with Crippen molar-refractivity contribution < 1.29 is 9.53 Å². The van der Waals surface area contributed by atoms with E-state index in [1.54, 1.807) is 13.3 Å². The van der Waals surface area contributed by atoms with Crippen molar-refractivity contribution in [1.82, 2.24) is 15.3 Å². The predicted octanol–water partition coefficient (Wildman–Crippen LogP) is 4.06. The molecule has 0 saturated heterocycles. The third-order valence-electron chi connectivity index (χ3n) is 4.96. The normalized spacial score (nSPS) is 12.3. The molecule has 2 N–H and O–H groups in total. The molecule has 3 rings (SSSR count). The number of methoxy groups -OCH3 is 1. The molecule has 0 fully saturated rings. The summed E-state index contributed by atoms with van der Waals surface area (Å²) in [5, 5.41) is 4.15. The number of benzene rings is 1. The fourth-order valence-corrected chi connectivity index (χ4v) is 3.41. The molecule has 5 nitrogen and oxygen atoms in total. The Morgan fingerprint density at radius 2 is 2.11 bits per heavy atom. The van der Waals surface area contributed by atoms with Crippen molar-refractivity contribution in [3.05, 3.63) is 60.0 Å². The molecule has 1 aromatic carbocycles. The molecule has 142 valence electrons. The first-order valence-corrected chi connectivity index (χ1v) is 9.40. The van der Waals surface area contributed by atoms with Crippen LogP contribution in [-0.4, -0.2) is 29.5 Å². The molecular weight excluding hydrogens is 338 g/mol. The fourth-order valence-electron chi connectivity index (χ4n) is 3.41. The van der Waals surface area contributed by atoms with Gasteiger partial charge in [-0.3, -0.25) is 9.78 Å². The fraction of sp³-hybridized carbons (Fsp3) is 0.364. The molecule has 2 heterocycles. The summed E-state index contributed by atoms with van der Waals surface area (Å²) in [6, 6.07) is 11.8. The quantitative estimate of drug-likeness (QED) is 0.632. The SMILES string of the molecule is COc1ccc2[nH]cc([C@@H](CC(=O)NCCc3ccccn3)C(C)C)c2c1. The number of pyridine rings is 1. The number of aromatic amines is 1. The largest absolute Gasteiger partial charge is 0.497 e. The van der Waals surface area contributed by atoms with Gasteiger partial charge >= 0.3 is 0 Å². The van der Waals surface area contributed by atoms with Crippen LogP contribution in [0.3, 0.4) is 0 Å². The summed E-state index contributed by atoms with van der Waals surface area (Å²) < 4.78 is 5.36. The van der Waals surface area contributed by atoms with Crippen LogP contribution >= 0.6 is 0 Å². The molecule has 3 aromatic rings. The second-order valence-corrected chi connectivity index (χ2v) is 7.13. The molecule has 27 heavy (non-hydrogen) atoms. The van der Waals surface area contributed by atoms with E-state index in [0.29, 0.717) is 18.9 Å². The number of rotatable bonds is 8. The van der Waals surface area contributed by atoms with E-state index in [1.807, 2.05) is 42.6 Å². The second-order valence-electron chi connectivity index (χ2n) is 7.13. The van der Waals surface area contributed by atoms with Gasteiger partial charge in [-0.15, -0.1) is 0 Å². The highest BCUT2D eigenvalue weighted by atomic mass is 16.5. The highest BCUT2D eigenvalue weighted by Crippen LogP contribution is 2.34. The summed E-state index contributed by atoms with van der Waals surface area (Å²) in [6.45, 7) is 4.91. The van der Waals surface area contributed by atoms with Crippen LogP contribution in [-0.2, 0) is 11.2 Å². The van der Waals surface area contributed by atoms with Gasteiger partial charge in [-0.1, -0.05) is 19.9 Å². The minimum Gasteiger partial charge on any atom is -0.497 e. The maximum atomic E-state index is 12.5. The van der Waals surface area contributed by atoms with E-state index >= 15 is 0 Å². The number of amides is 1. The average Bonchev–Trinajstić information content (AvgIpc) is 3.09. The number of hydrogen-bond acceptors (Lipinski definition) is 3. The molecular formula is C22H27N3O2. The van der Waals surface area contributed by atoms with Gasteiger partial charge in [0.05, 0.1) is 7.11 Å². The van der Waals surface area contributed by atoms with Gasteiger partial charge < -0.3 is 15.0 Å². The van der Waals surface area contributed by atoms with Crippen molar-refractivity contribution in [3.63, 3.8) is 0 Å². The minimum atomic E-state index is 0.0712. The first-order chi connectivity index (χ1) is 13.1. The van der Waals surface area contributed by atoms with Gasteiger partial charge in [-0.25, -0.2) is 0 Å². The van der Waals surface area contributed by atoms with Crippen molar-refractivity contribution in [2.24, 2.45) is 5.92 Å². The van der Waals surface area contributed by atoms with Crippen molar-refractivity contribution >= 4 is 16.8 Å². The molecule has 2 aromatic heterocycles. The maximum Gasteiger partial charge on any atom is 0.220 e. The lowest BCUT2D eigenvalue weighted by atomic mass is 9.85. The third kappa shape index (κ3) is 4.67. The van der Waals surface area contributed by atoms with E-state index in [1.165, 1.54) is 5.56 Å². The number of nitrogens with one attached hydrogen (secondary N) is 2. The molecule has 0 unspecified atom stereocenters. The van der Waals surface area contributed by atoms with Crippen LogP contribution in [0.4, 0.5) is 0 Å². The molecule has 0 aliphatic carbocycles. The van der Waals surface area contributed by atoms with Crippen molar-refractivity contribution in [3.8, 4) is 5.75 Å². The topological polar surface area (TPSA) is 67.0 Å². The van der Waals surface area contributed by atoms with Crippen LogP contribution in [0.1, 0.15) is 37.4 Å². The van der Waals surface area contributed by atoms with Crippen LogP contribution < -0.4 is 10.1 Å². The van der Waals surface area contributed by atoms with Gasteiger partial charge in [0.1, 0.15) is 5.75 Å². The number of fused-ring (bicyclic) bond motifs is 1. The van der Waals surface area contributed by atoms with Crippen LogP contribution in [0.5, 0.6) is 5.75 Å². The van der Waals surface area contributed by atoms with E-state index in [-0.39, 0.29) is 11.8 Å². The zero-order valence-corrected chi connectivity index (χ0v) is 16.2. The lowest BCUT2D eigenvalue weighted by Crippen LogP contribution is -2.28. The Hall–Kier alpha value is -2.82. The number of hydrogen-bond donors (Lipinski definition) is 2. The highest BCUT2D eigenvalue weighted by molar-refractivity contribution is 5.86. The molecule has 1 atom stereocenters. The number of aromatic nitrogens is 2. The first kappa shape index (κ1) is 19.0. The van der Waals surface area contributed by atoms with Crippen molar-refractivity contribution in [2.75, 3.05) is 13.7 Å². The van der Waals surface area contributed by atoms with Gasteiger partial charge in [0, 0.05) is 48.4 Å². The Bertz CT molecular complexity index is 887. The zero-order chi connectivity index (χ0) is 19.2. The van der Waals surface area contributed by atoms with Gasteiger partial charge in [0.15, 0.2) is 0 Å². The Kier molecular flexibility index (Phi) is 6.12. The second kappa shape index (κ2) is 8.71. The predicted molar refractivity (Wildman–Crippen MR) is 108 cm³/mol. The monoisotopic (exact) mass is 365 g/mol. The number of carbonyl (C=O) groups is 1. The molecule has 0 bridgehead atoms. The first-order valence-electron chi connectivity index (χ1n) is 9.40. The highest BCUT2D eigenvalue weighted by Gasteiger charge is 2.22. The molecule has 1 amide bonds. The average molecular weight is 365 g/mol. The van der Waals surface area contributed by atoms with Gasteiger partial charge in [0.2, 0.25) is 5.91 Å². The van der Waals surface area contributed by atoms with Crippen molar-refractivity contribution in [1.29, 1.82) is 0 Å². The van der Waals surface area contributed by atoms with E-state index in [4.69, 9.17) is 4.74 Å². The minimum absolute atomic E-state index is 0.0712. The van der Waals surface area contributed by atoms with Crippen molar-refractivity contribution in [2.45, 2.75) is 32.6 Å². The van der Waals surface area contributed by atoms with Gasteiger partial charge in [0.25, 0.3) is 0 Å². The zero-order valence-electron chi connectivity index (χ0n) is 16.2. The van der Waals surface area contributed by atoms with Crippen LogP contribution in [0.15, 0.2) is 48.8 Å². The Labute approximate surface area is 160 Å². The molecule has 0 radical (unpaired) electrons. The molecule has 0 aliphatic heterocycles. The third-order valence-corrected chi connectivity index (χ3v) is 4.96. The smallest absolute Gasteiger partial charge is 0.220 e. The summed E-state index contributed by atoms with van der Waals surface area (Å²) in [7, 11) is 1.67. The summed E-state index contributed by atoms with van der Waals surface area (Å²) in [5.74, 6) is 1.38. The molecule has 5 heteroatoms. The number of H-pyrrole nitrogens is 1. The van der Waals surface area contributed by atoms with E-state index in [0.717, 1.165) is 28.8 Å². The lowest BCUT2D eigenvalue weighted by molar-refractivity contribution is -0.121. The summed E-state index contributed by atoms with van der Waals surface area (Å²) in [4.78, 5) is 20.1. The Morgan fingerprint density at radius 3 is 2.81 bits per heavy atom. The summed E-state index contributed by atoms with van der Waals surface area (Å²) in [6.07, 6.45) is 5.00. The molecule has 0 spiro atoms. The Balaban J connectivity index is 1.68. The van der Waals surface area contributed by atoms with Crippen LogP contribution in [0, 0.1) is 5.92 Å².